The molecule has 1 aromatic carbocycles. The Kier molecular flexibility index (Phi) is 5.37. The largest absolute Gasteiger partial charge is 0.345 e. The maximum Gasteiger partial charge on any atom is 0.271 e. The minimum Gasteiger partial charge on any atom is -0.345 e. The first-order valence-corrected chi connectivity index (χ1v) is 13.6. The number of hydrogen-bond acceptors (Lipinski definition) is 4. The van der Waals surface area contributed by atoms with E-state index in [9.17, 15) is 13.2 Å². The van der Waals surface area contributed by atoms with Gasteiger partial charge in [-0.05, 0) is 90.8 Å². The number of benzene rings is 1. The van der Waals surface area contributed by atoms with Gasteiger partial charge in [-0.1, -0.05) is 18.2 Å². The molecular formula is C24H30N2O3S2. The van der Waals surface area contributed by atoms with Crippen LogP contribution in [0.5, 0.6) is 0 Å². The first kappa shape index (κ1) is 21.0. The monoisotopic (exact) mass is 458 g/mol. The Hall–Kier alpha value is -1.86. The van der Waals surface area contributed by atoms with Crippen LogP contribution in [-0.4, -0.2) is 32.8 Å². The van der Waals surface area contributed by atoms with Gasteiger partial charge in [-0.2, -0.15) is 0 Å². The lowest BCUT2D eigenvalue weighted by atomic mass is 9.49. The molecule has 4 bridgehead atoms. The summed E-state index contributed by atoms with van der Waals surface area (Å²) in [5.74, 6) is 2.81. The third kappa shape index (κ3) is 4.40. The number of anilines is 1. The number of carbonyl (C=O) groups excluding carboxylic acids is 1. The van der Waals surface area contributed by atoms with Crippen LogP contribution in [0.15, 0.2) is 46.0 Å². The molecule has 7 heteroatoms. The van der Waals surface area contributed by atoms with Crippen molar-refractivity contribution in [2.24, 2.45) is 23.2 Å². The van der Waals surface area contributed by atoms with Gasteiger partial charge in [0.25, 0.3) is 10.0 Å². The van der Waals surface area contributed by atoms with Crippen LogP contribution >= 0.6 is 11.3 Å². The summed E-state index contributed by atoms with van der Waals surface area (Å²) in [6.07, 6.45) is 8.50. The van der Waals surface area contributed by atoms with Crippen molar-refractivity contribution in [3.05, 3.63) is 47.3 Å². The van der Waals surface area contributed by atoms with Crippen LogP contribution < -0.4 is 4.72 Å². The zero-order valence-electron chi connectivity index (χ0n) is 17.9. The average molecular weight is 459 g/mol. The molecule has 31 heavy (non-hydrogen) atoms. The van der Waals surface area contributed by atoms with Crippen molar-refractivity contribution < 1.29 is 13.2 Å². The van der Waals surface area contributed by atoms with E-state index in [4.69, 9.17) is 0 Å². The van der Waals surface area contributed by atoms with E-state index in [1.807, 2.05) is 24.1 Å². The molecule has 0 aliphatic heterocycles. The second-order valence-corrected chi connectivity index (χ2v) is 12.9. The molecule has 4 saturated carbocycles. The molecule has 0 unspecified atom stereocenters. The highest BCUT2D eigenvalue weighted by Gasteiger charge is 2.51. The van der Waals surface area contributed by atoms with Gasteiger partial charge in [-0.15, -0.1) is 11.3 Å². The van der Waals surface area contributed by atoms with Gasteiger partial charge in [0.15, 0.2) is 0 Å². The predicted octanol–water partition coefficient (Wildman–Crippen LogP) is 4.77. The first-order valence-electron chi connectivity index (χ1n) is 11.2. The van der Waals surface area contributed by atoms with Crippen molar-refractivity contribution >= 4 is 33.0 Å². The number of hydrogen-bond donors (Lipinski definition) is 1. The number of amides is 1. The maximum absolute atomic E-state index is 12.9. The summed E-state index contributed by atoms with van der Waals surface area (Å²) in [6, 6.07) is 10.4. The predicted molar refractivity (Wildman–Crippen MR) is 124 cm³/mol. The van der Waals surface area contributed by atoms with Gasteiger partial charge in [0.1, 0.15) is 4.21 Å². The van der Waals surface area contributed by atoms with E-state index in [-0.39, 0.29) is 10.1 Å². The quantitative estimate of drug-likeness (QED) is 0.650. The van der Waals surface area contributed by atoms with Gasteiger partial charge < -0.3 is 4.90 Å². The van der Waals surface area contributed by atoms with E-state index < -0.39 is 10.0 Å². The van der Waals surface area contributed by atoms with Gasteiger partial charge in [-0.25, -0.2) is 8.42 Å². The lowest BCUT2D eigenvalue weighted by molar-refractivity contribution is -0.134. The molecular weight excluding hydrogens is 428 g/mol. The fraction of sp³-hybridized carbons (Fsp3) is 0.542. The fourth-order valence-electron chi connectivity index (χ4n) is 6.70. The second-order valence-electron chi connectivity index (χ2n) is 10.1. The third-order valence-corrected chi connectivity index (χ3v) is 10.3. The molecule has 1 aromatic heterocycles. The van der Waals surface area contributed by atoms with E-state index >= 15 is 0 Å². The smallest absolute Gasteiger partial charge is 0.271 e. The van der Waals surface area contributed by atoms with Crippen molar-refractivity contribution in [2.45, 2.75) is 49.2 Å². The van der Waals surface area contributed by atoms with Crippen LogP contribution in [-0.2, 0) is 21.2 Å². The van der Waals surface area contributed by atoms with Crippen LogP contribution in [0, 0.1) is 23.2 Å². The summed E-state index contributed by atoms with van der Waals surface area (Å²) in [5, 5.41) is 1.74. The molecule has 4 aliphatic rings. The van der Waals surface area contributed by atoms with E-state index in [0.29, 0.717) is 17.5 Å². The van der Waals surface area contributed by atoms with Crippen molar-refractivity contribution in [1.82, 2.24) is 4.90 Å². The first-order chi connectivity index (χ1) is 14.8. The van der Waals surface area contributed by atoms with E-state index in [0.717, 1.165) is 29.9 Å². The molecule has 0 spiro atoms. The molecule has 2 aromatic rings. The molecule has 0 saturated heterocycles. The van der Waals surface area contributed by atoms with Crippen molar-refractivity contribution in [2.75, 3.05) is 18.3 Å². The van der Waals surface area contributed by atoms with Crippen LogP contribution in [0.4, 0.5) is 5.69 Å². The zero-order valence-corrected chi connectivity index (χ0v) is 19.6. The lowest BCUT2D eigenvalue weighted by Crippen LogP contribution is -2.51. The minimum absolute atomic E-state index is 0.141. The summed E-state index contributed by atoms with van der Waals surface area (Å²) in [4.78, 5) is 14.9. The second kappa shape index (κ2) is 7.93. The van der Waals surface area contributed by atoms with E-state index in [2.05, 4.69) is 4.72 Å². The number of thiophene rings is 1. The molecule has 6 rings (SSSR count). The summed E-state index contributed by atoms with van der Waals surface area (Å²) < 4.78 is 27.6. The van der Waals surface area contributed by atoms with Gasteiger partial charge in [0.05, 0.1) is 6.42 Å². The molecule has 4 fully saturated rings. The SMILES string of the molecule is CN(CC12CC3CC(CC(C3)C1)C2)C(=O)Cc1ccc(NS(=O)(=O)c2cccs2)cc1. The maximum atomic E-state index is 12.9. The van der Waals surface area contributed by atoms with Gasteiger partial charge in [0.2, 0.25) is 5.91 Å². The van der Waals surface area contributed by atoms with Crippen LogP contribution in [0.2, 0.25) is 0 Å². The molecule has 5 nitrogen and oxygen atoms in total. The van der Waals surface area contributed by atoms with E-state index in [1.165, 1.54) is 49.9 Å². The van der Waals surface area contributed by atoms with Crippen LogP contribution in [0.25, 0.3) is 0 Å². The molecule has 1 amide bonds. The normalized spacial score (nSPS) is 29.1. The highest BCUT2D eigenvalue weighted by atomic mass is 32.2. The number of likely N-dealkylation sites (N-methyl/N-ethyl adjacent to an activating group) is 1. The summed E-state index contributed by atoms with van der Waals surface area (Å²) >= 11 is 1.19. The highest BCUT2D eigenvalue weighted by molar-refractivity contribution is 7.94. The standard InChI is InChI=1S/C24H30N2O3S2/c1-26(16-24-13-18-9-19(14-24)11-20(10-18)15-24)22(27)12-17-4-6-21(7-5-17)25-31(28,29)23-3-2-8-30-23/h2-8,18-20,25H,9-16H2,1H3. The number of nitrogens with one attached hydrogen (secondary N) is 1. The Morgan fingerprint density at radius 2 is 1.68 bits per heavy atom. The molecule has 1 N–H and O–H groups in total. The van der Waals surface area contributed by atoms with Crippen LogP contribution in [0.3, 0.4) is 0 Å². The summed E-state index contributed by atoms with van der Waals surface area (Å²) in [6.45, 7) is 0.883. The number of rotatable bonds is 7. The fourth-order valence-corrected chi connectivity index (χ4v) is 8.75. The third-order valence-electron chi connectivity index (χ3n) is 7.48. The Morgan fingerprint density at radius 3 is 2.23 bits per heavy atom. The van der Waals surface area contributed by atoms with Gasteiger partial charge >= 0.3 is 0 Å². The summed E-state index contributed by atoms with van der Waals surface area (Å²) in [7, 11) is -1.60. The van der Waals surface area contributed by atoms with Gasteiger partial charge in [0, 0.05) is 19.3 Å². The van der Waals surface area contributed by atoms with Crippen LogP contribution in [0.1, 0.15) is 44.1 Å². The number of sulfonamides is 1. The topological polar surface area (TPSA) is 66.5 Å². The molecule has 166 valence electrons. The molecule has 4 aliphatic carbocycles. The zero-order chi connectivity index (χ0) is 21.6. The Labute approximate surface area is 188 Å². The van der Waals surface area contributed by atoms with Crippen molar-refractivity contribution in [1.29, 1.82) is 0 Å². The van der Waals surface area contributed by atoms with Crippen molar-refractivity contribution in [3.63, 3.8) is 0 Å². The Bertz CT molecular complexity index is 1010. The Morgan fingerprint density at radius 1 is 1.06 bits per heavy atom. The summed E-state index contributed by atoms with van der Waals surface area (Å²) in [5.41, 5.74) is 1.76. The number of nitrogens with zero attached hydrogens (tertiary/aromatic N) is 1. The molecule has 0 radical (unpaired) electrons. The molecule has 0 atom stereocenters. The lowest BCUT2D eigenvalue weighted by Gasteiger charge is -2.57. The highest BCUT2D eigenvalue weighted by Crippen LogP contribution is 2.60. The minimum atomic E-state index is -3.55. The van der Waals surface area contributed by atoms with Gasteiger partial charge in [-0.3, -0.25) is 9.52 Å². The molecule has 1 heterocycles. The van der Waals surface area contributed by atoms with E-state index in [1.54, 1.807) is 29.6 Å². The average Bonchev–Trinajstić information content (AvgIpc) is 3.24. The van der Waals surface area contributed by atoms with Crippen molar-refractivity contribution in [3.8, 4) is 0 Å². The Balaban J connectivity index is 1.19. The number of carbonyl (C=O) groups is 1.